The predicted octanol–water partition coefficient (Wildman–Crippen LogP) is 5.41. The molecule has 9 nitrogen and oxygen atoms in total. The van der Waals surface area contributed by atoms with Crippen LogP contribution in [0.5, 0.6) is 11.5 Å². The summed E-state index contributed by atoms with van der Waals surface area (Å²) in [6.07, 6.45) is 3.69. The van der Waals surface area contributed by atoms with Gasteiger partial charge in [0, 0.05) is 32.2 Å². The number of carboxylic acids is 1. The molecule has 1 aromatic carbocycles. The normalized spacial score (nSPS) is 17.2. The van der Waals surface area contributed by atoms with Crippen LogP contribution in [0.4, 0.5) is 0 Å². The number of methoxy groups -OCH3 is 1. The van der Waals surface area contributed by atoms with Crippen LogP contribution >= 0.6 is 34.3 Å². The Labute approximate surface area is 258 Å². The van der Waals surface area contributed by atoms with E-state index in [-0.39, 0.29) is 29.4 Å². The number of carboxylic acid groups (broad SMARTS) is 1. The summed E-state index contributed by atoms with van der Waals surface area (Å²) in [7, 11) is 5.21. The fraction of sp³-hybridized carbons (Fsp3) is 0.433. The van der Waals surface area contributed by atoms with Crippen LogP contribution in [-0.2, 0) is 19.9 Å². The summed E-state index contributed by atoms with van der Waals surface area (Å²) in [4.78, 5) is 41.7. The van der Waals surface area contributed by atoms with E-state index < -0.39 is 11.6 Å². The van der Waals surface area contributed by atoms with Crippen LogP contribution in [0.1, 0.15) is 45.8 Å². The molecule has 1 N–H and O–H groups in total. The van der Waals surface area contributed by atoms with Gasteiger partial charge in [-0.15, -0.1) is 22.7 Å². The number of nitrogens with zero attached hydrogens (tertiary/aromatic N) is 2. The lowest BCUT2D eigenvalue weighted by molar-refractivity contribution is -0.170. The second-order valence-corrected chi connectivity index (χ2v) is 12.5. The fourth-order valence-electron chi connectivity index (χ4n) is 5.10. The standard InChI is InChI=1S/C30H35ClN2O7S2/c1-32(12-13-33(2)28(35)19-39-25-17-24(38-3)20(18-34)16-23(25)31)21-8-10-22(11-9-21)40-30(29(36)37,26-6-4-14-41-26)27-7-5-15-42-27/h4-7,14-18,21-22H,8-13,19H2,1-3H3,(H,36,37)/t21-,22-. The molecule has 4 rings (SSSR count). The molecule has 1 fully saturated rings. The molecule has 0 spiro atoms. The van der Waals surface area contributed by atoms with Crippen LogP contribution in [0, 0.1) is 0 Å². The van der Waals surface area contributed by atoms with Crippen molar-refractivity contribution in [2.75, 3.05) is 40.9 Å². The molecule has 2 aromatic heterocycles. The van der Waals surface area contributed by atoms with Gasteiger partial charge in [0.05, 0.1) is 33.6 Å². The van der Waals surface area contributed by atoms with Gasteiger partial charge in [-0.05, 0) is 61.7 Å². The summed E-state index contributed by atoms with van der Waals surface area (Å²) >= 11 is 8.98. The van der Waals surface area contributed by atoms with Gasteiger partial charge in [0.2, 0.25) is 5.60 Å². The molecule has 1 aliphatic rings. The number of halogens is 1. The van der Waals surface area contributed by atoms with Crippen molar-refractivity contribution in [3.8, 4) is 11.5 Å². The Morgan fingerprint density at radius 2 is 1.69 bits per heavy atom. The van der Waals surface area contributed by atoms with Crippen molar-refractivity contribution < 1.29 is 33.7 Å². The topological polar surface area (TPSA) is 106 Å². The molecule has 0 atom stereocenters. The van der Waals surface area contributed by atoms with E-state index in [1.54, 1.807) is 11.9 Å². The number of thiophene rings is 2. The van der Waals surface area contributed by atoms with Crippen LogP contribution in [0.3, 0.4) is 0 Å². The van der Waals surface area contributed by atoms with Crippen molar-refractivity contribution in [2.45, 2.75) is 43.4 Å². The van der Waals surface area contributed by atoms with Crippen LogP contribution in [0.2, 0.25) is 5.02 Å². The number of carbonyl (C=O) groups is 3. The molecule has 0 aliphatic heterocycles. The van der Waals surface area contributed by atoms with Crippen molar-refractivity contribution in [3.63, 3.8) is 0 Å². The largest absolute Gasteiger partial charge is 0.496 e. The highest BCUT2D eigenvalue weighted by Crippen LogP contribution is 2.42. The first-order valence-corrected chi connectivity index (χ1v) is 15.7. The highest BCUT2D eigenvalue weighted by molar-refractivity contribution is 7.12. The Morgan fingerprint density at radius 1 is 1.05 bits per heavy atom. The van der Waals surface area contributed by atoms with E-state index in [9.17, 15) is 19.5 Å². The minimum Gasteiger partial charge on any atom is -0.496 e. The monoisotopic (exact) mass is 634 g/mol. The molecule has 1 saturated carbocycles. The van der Waals surface area contributed by atoms with Crippen LogP contribution in [0.25, 0.3) is 0 Å². The molecule has 1 aliphatic carbocycles. The number of ether oxygens (including phenoxy) is 3. The number of likely N-dealkylation sites (N-methyl/N-ethyl adjacent to an activating group) is 2. The lowest BCUT2D eigenvalue weighted by Crippen LogP contribution is -2.45. The number of aliphatic carboxylic acids is 1. The summed E-state index contributed by atoms with van der Waals surface area (Å²) < 4.78 is 17.3. The zero-order valence-corrected chi connectivity index (χ0v) is 26.2. The second kappa shape index (κ2) is 14.5. The maximum Gasteiger partial charge on any atom is 0.347 e. The molecule has 226 valence electrons. The minimum atomic E-state index is -1.50. The van der Waals surface area contributed by atoms with Crippen molar-refractivity contribution in [2.24, 2.45) is 0 Å². The summed E-state index contributed by atoms with van der Waals surface area (Å²) in [5, 5.41) is 14.4. The Hall–Kier alpha value is -2.96. The molecule has 0 saturated heterocycles. The number of amides is 1. The third kappa shape index (κ3) is 7.15. The smallest absolute Gasteiger partial charge is 0.347 e. The Morgan fingerprint density at radius 3 is 2.21 bits per heavy atom. The summed E-state index contributed by atoms with van der Waals surface area (Å²) in [6, 6.07) is 10.6. The Kier molecular flexibility index (Phi) is 11.0. The van der Waals surface area contributed by atoms with Crippen molar-refractivity contribution in [3.05, 3.63) is 67.5 Å². The maximum absolute atomic E-state index is 12.7. The van der Waals surface area contributed by atoms with Gasteiger partial charge in [-0.3, -0.25) is 9.59 Å². The number of hydrogen-bond donors (Lipinski definition) is 1. The van der Waals surface area contributed by atoms with Gasteiger partial charge in [-0.2, -0.15) is 0 Å². The van der Waals surface area contributed by atoms with Gasteiger partial charge in [0.25, 0.3) is 5.91 Å². The molecule has 0 bridgehead atoms. The number of benzene rings is 1. The van der Waals surface area contributed by atoms with E-state index in [1.165, 1.54) is 41.9 Å². The van der Waals surface area contributed by atoms with E-state index in [2.05, 4.69) is 4.90 Å². The first-order valence-electron chi connectivity index (χ1n) is 13.6. The highest BCUT2D eigenvalue weighted by atomic mass is 35.5. The van der Waals surface area contributed by atoms with E-state index in [0.29, 0.717) is 46.5 Å². The van der Waals surface area contributed by atoms with Crippen LogP contribution < -0.4 is 9.47 Å². The number of rotatable bonds is 14. The number of hydrogen-bond acceptors (Lipinski definition) is 9. The van der Waals surface area contributed by atoms with E-state index in [1.807, 2.05) is 42.1 Å². The third-order valence-electron chi connectivity index (χ3n) is 7.62. The second-order valence-electron chi connectivity index (χ2n) is 10.2. The van der Waals surface area contributed by atoms with Gasteiger partial charge in [0.1, 0.15) is 11.5 Å². The average Bonchev–Trinajstić information content (AvgIpc) is 3.73. The van der Waals surface area contributed by atoms with Crippen LogP contribution in [-0.4, -0.2) is 86.1 Å². The van der Waals surface area contributed by atoms with E-state index in [0.717, 1.165) is 25.7 Å². The van der Waals surface area contributed by atoms with Crippen molar-refractivity contribution >= 4 is 52.4 Å². The quantitative estimate of drug-likeness (QED) is 0.235. The minimum absolute atomic E-state index is 0.178. The summed E-state index contributed by atoms with van der Waals surface area (Å²) in [6.45, 7) is 0.978. The molecule has 3 aromatic rings. The van der Waals surface area contributed by atoms with E-state index >= 15 is 0 Å². The maximum atomic E-state index is 12.7. The first kappa shape index (κ1) is 32.0. The summed E-state index contributed by atoms with van der Waals surface area (Å²) in [5.74, 6) is -0.620. The predicted molar refractivity (Wildman–Crippen MR) is 163 cm³/mol. The van der Waals surface area contributed by atoms with E-state index in [4.69, 9.17) is 25.8 Å². The van der Waals surface area contributed by atoms with Crippen molar-refractivity contribution in [1.82, 2.24) is 9.80 Å². The molecule has 12 heteroatoms. The summed E-state index contributed by atoms with van der Waals surface area (Å²) in [5.41, 5.74) is -1.20. The SMILES string of the molecule is COc1cc(OCC(=O)N(C)CCN(C)[C@H]2CC[C@H](OC(C(=O)O)(c3cccs3)c3cccs3)CC2)c(Cl)cc1C=O. The van der Waals surface area contributed by atoms with Crippen LogP contribution in [0.15, 0.2) is 47.2 Å². The van der Waals surface area contributed by atoms with Crippen molar-refractivity contribution in [1.29, 1.82) is 0 Å². The van der Waals surface area contributed by atoms with Gasteiger partial charge < -0.3 is 29.1 Å². The zero-order valence-electron chi connectivity index (χ0n) is 23.8. The fourth-order valence-corrected chi connectivity index (χ4v) is 7.14. The van der Waals surface area contributed by atoms with Gasteiger partial charge in [0.15, 0.2) is 12.9 Å². The Bertz CT molecular complexity index is 1310. The highest BCUT2D eigenvalue weighted by Gasteiger charge is 2.48. The Balaban J connectivity index is 1.27. The zero-order chi connectivity index (χ0) is 30.3. The molecule has 1 amide bonds. The molecule has 0 radical (unpaired) electrons. The molecular weight excluding hydrogens is 600 g/mol. The number of aldehydes is 1. The lowest BCUT2D eigenvalue weighted by Gasteiger charge is -2.38. The lowest BCUT2D eigenvalue weighted by atomic mass is 9.90. The van der Waals surface area contributed by atoms with Gasteiger partial charge in [-0.25, -0.2) is 4.79 Å². The molecular formula is C30H35ClN2O7S2. The average molecular weight is 635 g/mol. The molecule has 42 heavy (non-hydrogen) atoms. The van der Waals surface area contributed by atoms with Gasteiger partial charge in [-0.1, -0.05) is 23.7 Å². The molecule has 2 heterocycles. The molecule has 0 unspecified atom stereocenters. The number of carbonyl (C=O) groups excluding carboxylic acids is 2. The third-order valence-corrected chi connectivity index (χ3v) is 9.86. The van der Waals surface area contributed by atoms with Gasteiger partial charge >= 0.3 is 5.97 Å². The first-order chi connectivity index (χ1) is 20.2.